The van der Waals surface area contributed by atoms with E-state index in [4.69, 9.17) is 5.11 Å². The minimum Gasteiger partial charge on any atom is -0.480 e. The van der Waals surface area contributed by atoms with E-state index < -0.39 is 34.0 Å². The van der Waals surface area contributed by atoms with E-state index in [0.717, 1.165) is 11.8 Å². The number of amides is 2. The van der Waals surface area contributed by atoms with E-state index in [1.165, 1.54) is 12.1 Å². The lowest BCUT2D eigenvalue weighted by molar-refractivity contribution is -0.384. The van der Waals surface area contributed by atoms with Crippen molar-refractivity contribution < 1.29 is 24.4 Å². The highest BCUT2D eigenvalue weighted by molar-refractivity contribution is 8.00. The summed E-state index contributed by atoms with van der Waals surface area (Å²) in [5, 5.41) is 23.9. The van der Waals surface area contributed by atoms with Gasteiger partial charge in [-0.3, -0.25) is 19.7 Å². The lowest BCUT2D eigenvalue weighted by atomic mass is 10.2. The first-order valence-electron chi connectivity index (χ1n) is 6.97. The Morgan fingerprint density at radius 1 is 1.50 bits per heavy atom. The topological polar surface area (TPSA) is 139 Å². The summed E-state index contributed by atoms with van der Waals surface area (Å²) < 4.78 is 0. The monoisotopic (exact) mass is 353 g/mol. The summed E-state index contributed by atoms with van der Waals surface area (Å²) in [5.74, 6) is -2.06. The molecular weight excluding hydrogens is 338 g/mol. The van der Waals surface area contributed by atoms with Crippen LogP contribution in [0, 0.1) is 17.0 Å². The van der Waals surface area contributed by atoms with Gasteiger partial charge in [0.2, 0.25) is 11.8 Å². The van der Waals surface area contributed by atoms with Gasteiger partial charge in [0.15, 0.2) is 0 Å². The number of nitrogens with one attached hydrogen (secondary N) is 2. The smallest absolute Gasteiger partial charge is 0.327 e. The molecular formula is C14H15N3O6S. The number of anilines is 1. The summed E-state index contributed by atoms with van der Waals surface area (Å²) in [4.78, 5) is 45.2. The number of carbonyl (C=O) groups excluding carboxylic acids is 2. The minimum absolute atomic E-state index is 0.0558. The van der Waals surface area contributed by atoms with Gasteiger partial charge < -0.3 is 15.7 Å². The zero-order valence-corrected chi connectivity index (χ0v) is 13.5. The molecule has 0 unspecified atom stereocenters. The Hall–Kier alpha value is -2.62. The van der Waals surface area contributed by atoms with Crippen LogP contribution in [-0.2, 0) is 14.4 Å². The molecule has 1 aromatic rings. The van der Waals surface area contributed by atoms with Gasteiger partial charge in [0.25, 0.3) is 5.69 Å². The lowest BCUT2D eigenvalue weighted by Crippen LogP contribution is -2.51. The number of carbonyl (C=O) groups is 3. The van der Waals surface area contributed by atoms with Crippen molar-refractivity contribution in [2.75, 3.05) is 11.1 Å². The van der Waals surface area contributed by atoms with E-state index in [-0.39, 0.29) is 23.5 Å². The van der Waals surface area contributed by atoms with E-state index >= 15 is 0 Å². The molecule has 3 N–H and O–H groups in total. The standard InChI is InChI=1S/C14H15N3O6S/c1-7-2-3-8(10(4-7)17(22)23)15-12(18)5-11-13(19)16-9(6-24-11)14(20)21/h2-4,9,11H,5-6H2,1H3,(H,15,18)(H,16,19)(H,20,21)/t9-,11-/m0/s1. The van der Waals surface area contributed by atoms with Crippen LogP contribution in [-0.4, -0.2) is 44.9 Å². The summed E-state index contributed by atoms with van der Waals surface area (Å²) in [7, 11) is 0. The van der Waals surface area contributed by atoms with Gasteiger partial charge in [0, 0.05) is 18.2 Å². The van der Waals surface area contributed by atoms with E-state index in [2.05, 4.69) is 10.6 Å². The molecule has 1 saturated heterocycles. The Morgan fingerprint density at radius 3 is 2.79 bits per heavy atom. The number of nitro groups is 1. The van der Waals surface area contributed by atoms with Gasteiger partial charge in [-0.05, 0) is 18.6 Å². The molecule has 0 radical (unpaired) electrons. The van der Waals surface area contributed by atoms with Crippen LogP contribution in [0.1, 0.15) is 12.0 Å². The average molecular weight is 353 g/mol. The first-order valence-corrected chi connectivity index (χ1v) is 8.02. The number of carboxylic acids is 1. The predicted molar refractivity (Wildman–Crippen MR) is 86.9 cm³/mol. The summed E-state index contributed by atoms with van der Waals surface area (Å²) in [6.07, 6.45) is -0.201. The first-order chi connectivity index (χ1) is 11.3. The number of carboxylic acid groups (broad SMARTS) is 1. The molecule has 2 rings (SSSR count). The molecule has 2 atom stereocenters. The number of hydrogen-bond donors (Lipinski definition) is 3. The third-order valence-electron chi connectivity index (χ3n) is 3.37. The second-order valence-electron chi connectivity index (χ2n) is 5.25. The highest BCUT2D eigenvalue weighted by atomic mass is 32.2. The third kappa shape index (κ3) is 4.22. The maximum Gasteiger partial charge on any atom is 0.327 e. The van der Waals surface area contributed by atoms with Gasteiger partial charge in [-0.25, -0.2) is 4.79 Å². The molecule has 128 valence electrons. The van der Waals surface area contributed by atoms with Crippen molar-refractivity contribution in [2.24, 2.45) is 0 Å². The van der Waals surface area contributed by atoms with Gasteiger partial charge >= 0.3 is 5.97 Å². The van der Waals surface area contributed by atoms with Gasteiger partial charge in [-0.2, -0.15) is 0 Å². The summed E-state index contributed by atoms with van der Waals surface area (Å²) in [6.45, 7) is 1.69. The molecule has 0 aliphatic carbocycles. The highest BCUT2D eigenvalue weighted by Crippen LogP contribution is 2.27. The van der Waals surface area contributed by atoms with Gasteiger partial charge in [-0.15, -0.1) is 11.8 Å². The van der Waals surface area contributed by atoms with Gasteiger partial charge in [0.05, 0.1) is 10.2 Å². The maximum atomic E-state index is 12.1. The molecule has 1 heterocycles. The normalized spacial score (nSPS) is 20.1. The Kier molecular flexibility index (Phi) is 5.39. The average Bonchev–Trinajstić information content (AvgIpc) is 2.50. The molecule has 2 amide bonds. The molecule has 9 nitrogen and oxygen atoms in total. The van der Waals surface area contributed by atoms with Crippen LogP contribution in [0.15, 0.2) is 18.2 Å². The van der Waals surface area contributed by atoms with Crippen LogP contribution < -0.4 is 10.6 Å². The SMILES string of the molecule is Cc1ccc(NC(=O)C[C@@H]2SC[C@@H](C(=O)O)NC2=O)c([N+](=O)[O-])c1. The summed E-state index contributed by atoms with van der Waals surface area (Å²) in [5.41, 5.74) is 0.511. The third-order valence-corrected chi connectivity index (χ3v) is 4.67. The van der Waals surface area contributed by atoms with Crippen molar-refractivity contribution in [3.8, 4) is 0 Å². The largest absolute Gasteiger partial charge is 0.480 e. The van der Waals surface area contributed by atoms with Crippen LogP contribution >= 0.6 is 11.8 Å². The number of nitrogens with zero attached hydrogens (tertiary/aromatic N) is 1. The minimum atomic E-state index is -1.13. The fraction of sp³-hybridized carbons (Fsp3) is 0.357. The molecule has 1 aliphatic rings. The number of hydrogen-bond acceptors (Lipinski definition) is 6. The summed E-state index contributed by atoms with van der Waals surface area (Å²) >= 11 is 1.07. The Balaban J connectivity index is 2.01. The van der Waals surface area contributed by atoms with Crippen molar-refractivity contribution in [3.05, 3.63) is 33.9 Å². The first kappa shape index (κ1) is 17.7. The van der Waals surface area contributed by atoms with E-state index in [1.54, 1.807) is 13.0 Å². The summed E-state index contributed by atoms with van der Waals surface area (Å²) in [6, 6.07) is 3.43. The number of benzene rings is 1. The van der Waals surface area contributed by atoms with Gasteiger partial charge in [0.1, 0.15) is 11.7 Å². The predicted octanol–water partition coefficient (Wildman–Crippen LogP) is 0.917. The molecule has 1 fully saturated rings. The van der Waals surface area contributed by atoms with Crippen LogP contribution in [0.2, 0.25) is 0 Å². The molecule has 10 heteroatoms. The van der Waals surface area contributed by atoms with Crippen molar-refractivity contribution in [2.45, 2.75) is 24.6 Å². The quantitative estimate of drug-likeness (QED) is 0.528. The Morgan fingerprint density at radius 2 is 2.21 bits per heavy atom. The number of aliphatic carboxylic acids is 1. The fourth-order valence-electron chi connectivity index (χ4n) is 2.15. The zero-order valence-electron chi connectivity index (χ0n) is 12.6. The number of thioether (sulfide) groups is 1. The van der Waals surface area contributed by atoms with E-state index in [9.17, 15) is 24.5 Å². The number of rotatable bonds is 5. The zero-order chi connectivity index (χ0) is 17.9. The molecule has 24 heavy (non-hydrogen) atoms. The Labute approximate surface area is 140 Å². The van der Waals surface area contributed by atoms with Crippen LogP contribution in [0.5, 0.6) is 0 Å². The molecule has 0 aromatic heterocycles. The van der Waals surface area contributed by atoms with Crippen LogP contribution in [0.4, 0.5) is 11.4 Å². The van der Waals surface area contributed by atoms with Gasteiger partial charge in [-0.1, -0.05) is 6.07 Å². The Bertz CT molecular complexity index is 708. The number of nitro benzene ring substituents is 1. The molecule has 1 aliphatic heterocycles. The van der Waals surface area contributed by atoms with Crippen molar-refractivity contribution in [1.82, 2.24) is 5.32 Å². The molecule has 0 saturated carbocycles. The second-order valence-corrected chi connectivity index (χ2v) is 6.49. The van der Waals surface area contributed by atoms with Crippen molar-refractivity contribution in [3.63, 3.8) is 0 Å². The highest BCUT2D eigenvalue weighted by Gasteiger charge is 2.33. The van der Waals surface area contributed by atoms with Crippen LogP contribution in [0.25, 0.3) is 0 Å². The second kappa shape index (κ2) is 7.30. The van der Waals surface area contributed by atoms with Crippen LogP contribution in [0.3, 0.4) is 0 Å². The lowest BCUT2D eigenvalue weighted by Gasteiger charge is -2.25. The molecule has 0 bridgehead atoms. The number of aryl methyl sites for hydroxylation is 1. The molecule has 0 spiro atoms. The fourth-order valence-corrected chi connectivity index (χ4v) is 3.29. The maximum absolute atomic E-state index is 12.1. The molecule has 1 aromatic carbocycles. The van der Waals surface area contributed by atoms with Crippen molar-refractivity contribution in [1.29, 1.82) is 0 Å². The van der Waals surface area contributed by atoms with Crippen molar-refractivity contribution >= 4 is 40.9 Å². The van der Waals surface area contributed by atoms with E-state index in [0.29, 0.717) is 5.56 Å². The van der Waals surface area contributed by atoms with E-state index in [1.807, 2.05) is 0 Å².